The number of ether oxygens (including phenoxy) is 2. The van der Waals surface area contributed by atoms with Crippen molar-refractivity contribution >= 4 is 11.1 Å². The van der Waals surface area contributed by atoms with Crippen LogP contribution in [0.15, 0.2) is 22.6 Å². The Labute approximate surface area is 111 Å². The van der Waals surface area contributed by atoms with Crippen molar-refractivity contribution in [2.45, 2.75) is 25.7 Å². The fourth-order valence-corrected chi connectivity index (χ4v) is 2.26. The van der Waals surface area contributed by atoms with Crippen LogP contribution in [-0.4, -0.2) is 31.3 Å². The van der Waals surface area contributed by atoms with Crippen molar-refractivity contribution < 1.29 is 13.9 Å². The Kier molecular flexibility index (Phi) is 3.05. The van der Waals surface area contributed by atoms with Gasteiger partial charge in [0.05, 0.1) is 19.3 Å². The van der Waals surface area contributed by atoms with Crippen LogP contribution in [-0.2, 0) is 15.3 Å². The number of benzene rings is 1. The van der Waals surface area contributed by atoms with E-state index in [9.17, 15) is 0 Å². The fourth-order valence-electron chi connectivity index (χ4n) is 2.26. The Hall–Kier alpha value is -1.43. The third-order valence-corrected chi connectivity index (χ3v) is 3.55. The van der Waals surface area contributed by atoms with Gasteiger partial charge < -0.3 is 19.2 Å². The van der Waals surface area contributed by atoms with E-state index in [0.717, 1.165) is 16.7 Å². The van der Waals surface area contributed by atoms with E-state index in [1.54, 1.807) is 0 Å². The monoisotopic (exact) mass is 262 g/mol. The van der Waals surface area contributed by atoms with Gasteiger partial charge in [-0.15, -0.1) is 0 Å². The van der Waals surface area contributed by atoms with Gasteiger partial charge in [-0.1, -0.05) is 6.07 Å². The normalized spacial score (nSPS) is 27.8. The number of aryl methyl sites for hydroxylation is 1. The van der Waals surface area contributed by atoms with Crippen LogP contribution < -0.4 is 5.32 Å². The van der Waals surface area contributed by atoms with Crippen LogP contribution in [0.1, 0.15) is 18.4 Å². The summed E-state index contributed by atoms with van der Waals surface area (Å²) in [5.74, 6) is -0.0552. The molecule has 0 unspecified atom stereocenters. The quantitative estimate of drug-likeness (QED) is 0.896. The second-order valence-corrected chi connectivity index (χ2v) is 4.97. The van der Waals surface area contributed by atoms with Crippen LogP contribution >= 0.6 is 0 Å². The Morgan fingerprint density at radius 3 is 2.74 bits per heavy atom. The molecule has 1 aromatic carbocycles. The molecule has 0 aliphatic carbocycles. The number of nitrogens with zero attached hydrogens (tertiary/aromatic N) is 1. The van der Waals surface area contributed by atoms with Crippen LogP contribution in [0, 0.1) is 6.92 Å². The first-order valence-corrected chi connectivity index (χ1v) is 6.43. The Morgan fingerprint density at radius 1 is 1.32 bits per heavy atom. The smallest absolute Gasteiger partial charge is 0.192 e. The van der Waals surface area contributed by atoms with Gasteiger partial charge in [-0.2, -0.15) is 0 Å². The zero-order valence-corrected chi connectivity index (χ0v) is 11.4. The molecule has 2 heterocycles. The maximum absolute atomic E-state index is 5.86. The van der Waals surface area contributed by atoms with Gasteiger partial charge in [0.2, 0.25) is 0 Å². The summed E-state index contributed by atoms with van der Waals surface area (Å²) in [5, 5.41) is 3.15. The van der Waals surface area contributed by atoms with Crippen molar-refractivity contribution in [3.05, 3.63) is 29.7 Å². The minimum atomic E-state index is -0.720. The van der Waals surface area contributed by atoms with Gasteiger partial charge in [0.1, 0.15) is 5.52 Å². The lowest BCUT2D eigenvalue weighted by Crippen LogP contribution is -2.47. The molecule has 5 heteroatoms. The van der Waals surface area contributed by atoms with E-state index in [2.05, 4.69) is 10.3 Å². The average molecular weight is 262 g/mol. The summed E-state index contributed by atoms with van der Waals surface area (Å²) in [5.41, 5.74) is 2.57. The van der Waals surface area contributed by atoms with Crippen molar-refractivity contribution in [2.24, 2.45) is 0 Å². The number of likely N-dealkylation sites (N-methyl/N-ethyl adjacent to an activating group) is 1. The van der Waals surface area contributed by atoms with Gasteiger partial charge in [-0.3, -0.25) is 0 Å². The lowest BCUT2D eigenvalue weighted by molar-refractivity contribution is -0.272. The van der Waals surface area contributed by atoms with Crippen molar-refractivity contribution in [2.75, 3.05) is 20.3 Å². The molecule has 0 spiro atoms. The molecule has 1 aromatic heterocycles. The Morgan fingerprint density at radius 2 is 2.05 bits per heavy atom. The minimum absolute atomic E-state index is 0.240. The highest BCUT2D eigenvalue weighted by Gasteiger charge is 2.34. The van der Waals surface area contributed by atoms with E-state index in [-0.39, 0.29) is 6.04 Å². The highest BCUT2D eigenvalue weighted by atomic mass is 16.7. The second kappa shape index (κ2) is 4.59. The van der Waals surface area contributed by atoms with E-state index >= 15 is 0 Å². The molecule has 0 saturated carbocycles. The molecule has 19 heavy (non-hydrogen) atoms. The van der Waals surface area contributed by atoms with Crippen LogP contribution in [0.25, 0.3) is 11.1 Å². The van der Waals surface area contributed by atoms with Gasteiger partial charge >= 0.3 is 0 Å². The number of nitrogens with one attached hydrogen (secondary N) is 1. The third kappa shape index (κ3) is 2.25. The third-order valence-electron chi connectivity index (χ3n) is 3.55. The highest BCUT2D eigenvalue weighted by molar-refractivity contribution is 5.73. The second-order valence-electron chi connectivity index (χ2n) is 4.97. The molecule has 1 saturated heterocycles. The molecule has 1 aliphatic heterocycles. The molecule has 1 N–H and O–H groups in total. The molecular weight excluding hydrogens is 244 g/mol. The molecule has 0 atom stereocenters. The summed E-state index contributed by atoms with van der Waals surface area (Å²) < 4.78 is 17.3. The summed E-state index contributed by atoms with van der Waals surface area (Å²) in [6, 6.07) is 6.09. The van der Waals surface area contributed by atoms with Crippen LogP contribution in [0.5, 0.6) is 0 Å². The van der Waals surface area contributed by atoms with E-state index in [1.165, 1.54) is 0 Å². The van der Waals surface area contributed by atoms with Crippen molar-refractivity contribution in [3.63, 3.8) is 0 Å². The van der Waals surface area contributed by atoms with Gasteiger partial charge in [0.15, 0.2) is 17.3 Å². The summed E-state index contributed by atoms with van der Waals surface area (Å²) in [6.45, 7) is 5.02. The summed E-state index contributed by atoms with van der Waals surface area (Å²) in [4.78, 5) is 4.29. The first kappa shape index (κ1) is 12.6. The van der Waals surface area contributed by atoms with Gasteiger partial charge in [-0.05, 0) is 26.1 Å². The van der Waals surface area contributed by atoms with E-state index in [4.69, 9.17) is 13.9 Å². The number of aromatic nitrogens is 1. The zero-order valence-electron chi connectivity index (χ0n) is 11.4. The molecule has 0 radical (unpaired) electrons. The zero-order chi connectivity index (χ0) is 13.5. The lowest BCUT2D eigenvalue weighted by atomic mass is 10.1. The van der Waals surface area contributed by atoms with Crippen LogP contribution in [0.2, 0.25) is 0 Å². The van der Waals surface area contributed by atoms with Gasteiger partial charge in [-0.25, -0.2) is 4.98 Å². The van der Waals surface area contributed by atoms with Gasteiger partial charge in [0.25, 0.3) is 0 Å². The van der Waals surface area contributed by atoms with E-state index in [0.29, 0.717) is 19.1 Å². The van der Waals surface area contributed by atoms with Crippen molar-refractivity contribution in [1.82, 2.24) is 10.3 Å². The molecule has 2 aromatic rings. The molecule has 3 rings (SSSR count). The predicted octanol–water partition coefficient (Wildman–Crippen LogP) is 1.94. The van der Waals surface area contributed by atoms with Crippen LogP contribution in [0.4, 0.5) is 0 Å². The summed E-state index contributed by atoms with van der Waals surface area (Å²) >= 11 is 0. The predicted molar refractivity (Wildman–Crippen MR) is 70.8 cm³/mol. The average Bonchev–Trinajstić information content (AvgIpc) is 2.78. The molecule has 102 valence electrons. The number of fused-ring (bicyclic) bond motifs is 1. The molecule has 1 aliphatic rings. The van der Waals surface area contributed by atoms with Crippen LogP contribution in [0.3, 0.4) is 0 Å². The molecule has 5 nitrogen and oxygen atoms in total. The topological polar surface area (TPSA) is 56.5 Å². The van der Waals surface area contributed by atoms with Crippen molar-refractivity contribution in [1.29, 1.82) is 0 Å². The SMILES string of the molecule is CNC1COC(C)(c2ccc3nc(C)oc3c2)OC1. The Balaban J connectivity index is 1.90. The summed E-state index contributed by atoms with van der Waals surface area (Å²) in [6.07, 6.45) is 0. The fraction of sp³-hybridized carbons (Fsp3) is 0.500. The largest absolute Gasteiger partial charge is 0.441 e. The summed E-state index contributed by atoms with van der Waals surface area (Å²) in [7, 11) is 1.91. The standard InChI is InChI=1S/C14H18N2O3/c1-9-16-12-5-4-10(6-13(12)19-9)14(2)17-7-11(15-3)8-18-14/h4-6,11,15H,7-8H2,1-3H3. The molecule has 0 amide bonds. The maximum Gasteiger partial charge on any atom is 0.192 e. The maximum atomic E-state index is 5.86. The number of hydrogen-bond acceptors (Lipinski definition) is 5. The molecule has 1 fully saturated rings. The Bertz CT molecular complexity index is 585. The highest BCUT2D eigenvalue weighted by Crippen LogP contribution is 2.32. The first-order chi connectivity index (χ1) is 9.10. The number of oxazole rings is 1. The molecular formula is C14H18N2O3. The van der Waals surface area contributed by atoms with E-state index < -0.39 is 5.79 Å². The minimum Gasteiger partial charge on any atom is -0.441 e. The first-order valence-electron chi connectivity index (χ1n) is 6.43. The van der Waals surface area contributed by atoms with Crippen molar-refractivity contribution in [3.8, 4) is 0 Å². The van der Waals surface area contributed by atoms with Gasteiger partial charge in [0, 0.05) is 12.5 Å². The lowest BCUT2D eigenvalue weighted by Gasteiger charge is -2.37. The van der Waals surface area contributed by atoms with E-state index in [1.807, 2.05) is 39.1 Å². The molecule has 0 bridgehead atoms. The number of rotatable bonds is 2. The number of hydrogen-bond donors (Lipinski definition) is 1.